The van der Waals surface area contributed by atoms with Gasteiger partial charge in [-0.05, 0) is 32.3 Å². The third-order valence-corrected chi connectivity index (χ3v) is 6.84. The second kappa shape index (κ2) is 18.5. The molecule has 258 valence electrons. The van der Waals surface area contributed by atoms with Crippen molar-refractivity contribution in [3.05, 3.63) is 71.6 Å². The topological polar surface area (TPSA) is 281 Å². The summed E-state index contributed by atoms with van der Waals surface area (Å²) in [6, 6.07) is 5.26. The third-order valence-electron chi connectivity index (χ3n) is 6.84. The summed E-state index contributed by atoms with van der Waals surface area (Å²) < 4.78 is 2.17. The van der Waals surface area contributed by atoms with E-state index in [2.05, 4.69) is 55.3 Å². The Labute approximate surface area is 300 Å². The molecule has 4 aromatic heterocycles. The molecule has 0 amide bonds. The molecular formula is C30H26FeN16O4. The zero-order valence-electron chi connectivity index (χ0n) is 27.5. The van der Waals surface area contributed by atoms with Crippen molar-refractivity contribution in [2.75, 3.05) is 0 Å². The van der Waals surface area contributed by atoms with E-state index in [0.717, 1.165) is 22.0 Å². The molecule has 4 heterocycles. The summed E-state index contributed by atoms with van der Waals surface area (Å²) in [5, 5.41) is 69.8. The number of azo groups is 2. The first kappa shape index (κ1) is 40.2. The summed E-state index contributed by atoms with van der Waals surface area (Å²) >= 11 is 0. The maximum absolute atomic E-state index is 12.3. The molecule has 0 aliphatic heterocycles. The van der Waals surface area contributed by atoms with Crippen molar-refractivity contribution in [3.8, 4) is 30.0 Å². The van der Waals surface area contributed by atoms with Crippen LogP contribution in [0.2, 0.25) is 0 Å². The van der Waals surface area contributed by atoms with Gasteiger partial charge in [0.2, 0.25) is 17.7 Å². The van der Waals surface area contributed by atoms with Gasteiger partial charge in [-0.2, -0.15) is 15.8 Å². The molecule has 0 aromatic carbocycles. The smallest absolute Gasteiger partial charge is 0.493 e. The fourth-order valence-electron chi connectivity index (χ4n) is 4.18. The second-order valence-electron chi connectivity index (χ2n) is 10.0. The van der Waals surface area contributed by atoms with Gasteiger partial charge >= 0.3 is 17.1 Å². The van der Waals surface area contributed by atoms with Crippen molar-refractivity contribution < 1.29 is 27.3 Å². The van der Waals surface area contributed by atoms with Crippen LogP contribution in [-0.2, 0) is 30.2 Å². The van der Waals surface area contributed by atoms with E-state index in [0.29, 0.717) is 12.8 Å². The molecule has 21 heteroatoms. The van der Waals surface area contributed by atoms with Gasteiger partial charge in [0.1, 0.15) is 35.1 Å². The Morgan fingerprint density at radius 3 is 1.84 bits per heavy atom. The Balaban J connectivity index is 0.000000348. The number of hydrogen-bond donors (Lipinski definition) is 2. The van der Waals surface area contributed by atoms with Crippen LogP contribution in [0, 0.1) is 61.0 Å². The summed E-state index contributed by atoms with van der Waals surface area (Å²) in [5.74, 6) is -1.34. The van der Waals surface area contributed by atoms with Crippen LogP contribution in [0.3, 0.4) is 0 Å². The summed E-state index contributed by atoms with van der Waals surface area (Å²) in [4.78, 5) is 42.0. The molecule has 0 radical (unpaired) electrons. The molecular weight excluding hydrogens is 704 g/mol. The number of aromatic hydroxyl groups is 2. The molecule has 0 saturated heterocycles. The van der Waals surface area contributed by atoms with E-state index in [4.69, 9.17) is 23.7 Å². The molecule has 4 aromatic rings. The first-order valence-corrected chi connectivity index (χ1v) is 14.6. The minimum absolute atomic E-state index is 0. The van der Waals surface area contributed by atoms with Gasteiger partial charge < -0.3 is 30.0 Å². The first-order chi connectivity index (χ1) is 24.0. The van der Waals surface area contributed by atoms with Gasteiger partial charge in [0.15, 0.2) is 0 Å². The maximum atomic E-state index is 12.3. The minimum Gasteiger partial charge on any atom is -0.493 e. The van der Waals surface area contributed by atoms with Crippen LogP contribution < -0.4 is 21.2 Å². The molecule has 0 aliphatic carbocycles. The average Bonchev–Trinajstić information content (AvgIpc) is 3.75. The third kappa shape index (κ3) is 8.93. The van der Waals surface area contributed by atoms with E-state index >= 15 is 0 Å². The Bertz CT molecular complexity index is 2280. The number of nitrogens with zero attached hydrogens (tertiary/aromatic N) is 16. The van der Waals surface area contributed by atoms with E-state index in [1.165, 1.54) is 13.8 Å². The van der Waals surface area contributed by atoms with Crippen molar-refractivity contribution in [1.82, 2.24) is 34.3 Å². The van der Waals surface area contributed by atoms with Gasteiger partial charge in [-0.1, -0.05) is 26.7 Å². The van der Waals surface area contributed by atoms with Crippen LogP contribution in [0.15, 0.2) is 30.0 Å². The van der Waals surface area contributed by atoms with Crippen molar-refractivity contribution >= 4 is 34.9 Å². The van der Waals surface area contributed by atoms with Crippen molar-refractivity contribution in [2.24, 2.45) is 20.5 Å². The molecule has 2 N–H and O–H groups in total. The number of nitriles is 3. The van der Waals surface area contributed by atoms with E-state index in [9.17, 15) is 25.1 Å². The van der Waals surface area contributed by atoms with E-state index < -0.39 is 17.0 Å². The summed E-state index contributed by atoms with van der Waals surface area (Å²) in [6.07, 6.45) is 2.89. The number of aromatic nitrogens is 7. The number of pyridine rings is 2. The molecule has 0 bridgehead atoms. The Hall–Kier alpha value is -6.98. The standard InChI is InChI=1S/C16H14N8O2.C14H14N8O2.Fe/c1-4-5-6-24-14(25)12(19-3)9(2)13(15(24)26)22-23-16-20-10(7-17)11(8-18)21-16;1-4-5-6-22-11(23)9(7-15)8(2)10(12(22)24)18-20-14-17-13(16-3)19-21-14;/h4-6H2,1-2H3,(H2,20,21,22,23,25,26);4-6H2,1-2H3,(H2,17,18,19,20,21,23,24);/q;;+2/p-2. The molecule has 51 heavy (non-hydrogen) atoms. The van der Waals surface area contributed by atoms with Crippen molar-refractivity contribution in [3.63, 3.8) is 0 Å². The number of unbranched alkanes of at least 4 members (excludes halogenated alkanes) is 2. The Kier molecular flexibility index (Phi) is 14.6. The molecule has 0 atom stereocenters. The van der Waals surface area contributed by atoms with Crippen LogP contribution >= 0.6 is 0 Å². The fourth-order valence-corrected chi connectivity index (χ4v) is 4.18. The minimum atomic E-state index is -0.592. The quantitative estimate of drug-likeness (QED) is 0.124. The van der Waals surface area contributed by atoms with Crippen LogP contribution in [0.1, 0.15) is 67.6 Å². The molecule has 0 unspecified atom stereocenters. The largest absolute Gasteiger partial charge is 2.00 e. The zero-order valence-corrected chi connectivity index (χ0v) is 28.6. The van der Waals surface area contributed by atoms with Crippen LogP contribution in [-0.4, -0.2) is 34.4 Å². The van der Waals surface area contributed by atoms with Gasteiger partial charge in [-0.25, -0.2) is 20.2 Å². The Morgan fingerprint density at radius 1 is 0.804 bits per heavy atom. The van der Waals surface area contributed by atoms with E-state index in [1.807, 2.05) is 19.9 Å². The Morgan fingerprint density at radius 2 is 1.37 bits per heavy atom. The second-order valence-corrected chi connectivity index (χ2v) is 10.0. The SMILES string of the molecule is [C-]#[N+]c1c(C)c(N=Nc2nc(C#N)c(C#N)[n-]2)c(O)n(CCCC)c1=O.[C-]#[N+]c1n[n-]c(N=Nc2c(C)c(C#N)c(=O)n(CCCC)c2O)n1.[Fe+2]. The predicted molar refractivity (Wildman–Crippen MR) is 172 cm³/mol. The molecule has 0 fully saturated rings. The number of hydrogen-bond acceptors (Lipinski definition) is 14. The molecule has 4 rings (SSSR count). The van der Waals surface area contributed by atoms with Crippen LogP contribution in [0.25, 0.3) is 9.69 Å². The molecule has 0 spiro atoms. The first-order valence-electron chi connectivity index (χ1n) is 14.6. The van der Waals surface area contributed by atoms with Gasteiger partial charge in [0.05, 0.1) is 23.9 Å². The molecule has 0 saturated carbocycles. The number of imidazole rings is 1. The molecule has 20 nitrogen and oxygen atoms in total. The van der Waals surface area contributed by atoms with Gasteiger partial charge in [0, 0.05) is 24.6 Å². The van der Waals surface area contributed by atoms with Gasteiger partial charge in [-0.15, -0.1) is 11.7 Å². The maximum Gasteiger partial charge on any atom is 2.00 e. The van der Waals surface area contributed by atoms with E-state index in [-0.39, 0.29) is 99.0 Å². The van der Waals surface area contributed by atoms with Crippen LogP contribution in [0.4, 0.5) is 34.9 Å². The van der Waals surface area contributed by atoms with Gasteiger partial charge in [0.25, 0.3) is 16.8 Å². The zero-order chi connectivity index (χ0) is 37.0. The summed E-state index contributed by atoms with van der Waals surface area (Å²) in [6.45, 7) is 21.3. The molecule has 0 aliphatic rings. The van der Waals surface area contributed by atoms with Crippen LogP contribution in [0.5, 0.6) is 11.8 Å². The summed E-state index contributed by atoms with van der Waals surface area (Å²) in [5.41, 5.74) is -1.49. The van der Waals surface area contributed by atoms with E-state index in [1.54, 1.807) is 12.1 Å². The average molecular weight is 730 g/mol. The number of rotatable bonds is 10. The van der Waals surface area contributed by atoms with Gasteiger partial charge in [-0.3, -0.25) is 29.0 Å². The fraction of sp³-hybridized carbons (Fsp3) is 0.333. The van der Waals surface area contributed by atoms with Crippen molar-refractivity contribution in [2.45, 2.75) is 66.5 Å². The predicted octanol–water partition coefficient (Wildman–Crippen LogP) is 4.97. The van der Waals surface area contributed by atoms with Crippen molar-refractivity contribution in [1.29, 1.82) is 15.8 Å². The monoisotopic (exact) mass is 730 g/mol. The summed E-state index contributed by atoms with van der Waals surface area (Å²) in [7, 11) is 0. The normalized spacial score (nSPS) is 10.3.